The molecule has 0 saturated heterocycles. The van der Waals surface area contributed by atoms with Crippen molar-refractivity contribution in [3.05, 3.63) is 0 Å². The molecule has 0 rings (SSSR count). The van der Waals surface area contributed by atoms with Gasteiger partial charge in [0, 0.05) is 0 Å². The van der Waals surface area contributed by atoms with Gasteiger partial charge in [0.1, 0.15) is 17.7 Å². The Kier molecular flexibility index (Phi) is 12.1. The van der Waals surface area contributed by atoms with Gasteiger partial charge in [-0.1, -0.05) is 26.7 Å². The van der Waals surface area contributed by atoms with Crippen molar-refractivity contribution in [1.82, 2.24) is 16.0 Å². The van der Waals surface area contributed by atoms with Crippen molar-refractivity contribution in [2.45, 2.75) is 84.4 Å². The SMILES string of the molecule is CO[B-](O)(O)[C@H](CCCCN)NC(=O)[C@@H](NC(=O)[C@H](C)NC(=O)OC(C)(C)C)C(C)C. The lowest BCUT2D eigenvalue weighted by Gasteiger charge is -2.38. The van der Waals surface area contributed by atoms with Crippen molar-refractivity contribution in [2.75, 3.05) is 13.7 Å². The van der Waals surface area contributed by atoms with Crippen LogP contribution < -0.4 is 21.7 Å². The maximum absolute atomic E-state index is 12.8. The Bertz CT molecular complexity index is 596. The highest BCUT2D eigenvalue weighted by atomic mass is 16.6. The minimum atomic E-state index is -3.29. The third kappa shape index (κ3) is 11.3. The predicted molar refractivity (Wildman–Crippen MR) is 118 cm³/mol. The number of carbonyl (C=O) groups excluding carboxylic acids is 3. The van der Waals surface area contributed by atoms with E-state index in [4.69, 9.17) is 15.1 Å². The van der Waals surface area contributed by atoms with Crippen molar-refractivity contribution in [3.8, 4) is 0 Å². The Hall–Kier alpha value is -1.89. The first-order valence-electron chi connectivity index (χ1n) is 10.6. The van der Waals surface area contributed by atoms with Gasteiger partial charge in [-0.3, -0.25) is 9.59 Å². The van der Waals surface area contributed by atoms with Gasteiger partial charge in [-0.05, 0) is 59.6 Å². The number of unbranched alkanes of at least 4 members (excludes halogenated alkanes) is 1. The average Bonchev–Trinajstić information content (AvgIpc) is 2.62. The molecule has 0 aromatic rings. The molecule has 182 valence electrons. The lowest BCUT2D eigenvalue weighted by molar-refractivity contribution is -0.131. The van der Waals surface area contributed by atoms with Crippen LogP contribution in [-0.4, -0.2) is 72.0 Å². The Morgan fingerprint density at radius 3 is 2.03 bits per heavy atom. The van der Waals surface area contributed by atoms with E-state index in [-0.39, 0.29) is 12.3 Å². The van der Waals surface area contributed by atoms with E-state index in [9.17, 15) is 24.4 Å². The van der Waals surface area contributed by atoms with E-state index in [1.165, 1.54) is 6.92 Å². The van der Waals surface area contributed by atoms with Gasteiger partial charge in [-0.15, -0.1) is 0 Å². The minimum absolute atomic E-state index is 0.235. The van der Waals surface area contributed by atoms with E-state index in [0.717, 1.165) is 7.11 Å². The maximum atomic E-state index is 12.8. The monoisotopic (exact) mass is 447 g/mol. The normalized spacial score (nSPS) is 15.1. The molecule has 0 aromatic heterocycles. The van der Waals surface area contributed by atoms with Crippen molar-refractivity contribution < 1.29 is 33.8 Å². The summed E-state index contributed by atoms with van der Waals surface area (Å²) in [5.74, 6) is -2.57. The van der Waals surface area contributed by atoms with Crippen molar-refractivity contribution >= 4 is 24.7 Å². The number of rotatable bonds is 12. The third-order valence-electron chi connectivity index (χ3n) is 4.54. The smallest absolute Gasteiger partial charge is 0.408 e. The Morgan fingerprint density at radius 2 is 1.58 bits per heavy atom. The number of hydrogen-bond donors (Lipinski definition) is 6. The Labute approximate surface area is 184 Å². The molecule has 0 aromatic carbocycles. The van der Waals surface area contributed by atoms with Gasteiger partial charge in [0.05, 0.1) is 0 Å². The molecule has 0 radical (unpaired) electrons. The van der Waals surface area contributed by atoms with Crippen LogP contribution in [0.5, 0.6) is 0 Å². The summed E-state index contributed by atoms with van der Waals surface area (Å²) in [4.78, 5) is 37.2. The summed E-state index contributed by atoms with van der Waals surface area (Å²) in [5, 5.41) is 27.8. The quantitative estimate of drug-likeness (QED) is 0.176. The fourth-order valence-electron chi connectivity index (χ4n) is 2.71. The molecular weight excluding hydrogens is 407 g/mol. The second-order valence-corrected chi connectivity index (χ2v) is 8.99. The standard InChI is InChI=1S/C19H40BN4O7/c1-12(2)15(24-16(25)13(3)22-18(27)31-19(4,5)6)17(26)23-14(10-8-9-11-21)20(28,29)30-7/h12-15,28-29H,8-11,21H2,1-7H3,(H,22,27)(H,23,26)(H,24,25)/q-1/t13-,14-,15-/m0/s1. The molecule has 0 aliphatic carbocycles. The number of amides is 3. The van der Waals surface area contributed by atoms with Crippen LogP contribution in [0.2, 0.25) is 0 Å². The van der Waals surface area contributed by atoms with Crippen LogP contribution in [0.1, 0.15) is 60.8 Å². The minimum Gasteiger partial charge on any atom is -0.558 e. The van der Waals surface area contributed by atoms with Gasteiger partial charge < -0.3 is 41.1 Å². The highest BCUT2D eigenvalue weighted by Crippen LogP contribution is 2.12. The average molecular weight is 447 g/mol. The van der Waals surface area contributed by atoms with E-state index >= 15 is 0 Å². The lowest BCUT2D eigenvalue weighted by atomic mass is 9.67. The zero-order valence-corrected chi connectivity index (χ0v) is 19.7. The summed E-state index contributed by atoms with van der Waals surface area (Å²) in [6, 6.07) is -1.93. The van der Waals surface area contributed by atoms with Gasteiger partial charge >= 0.3 is 12.8 Å². The summed E-state index contributed by atoms with van der Waals surface area (Å²) >= 11 is 0. The van der Waals surface area contributed by atoms with Gasteiger partial charge in [0.2, 0.25) is 11.8 Å². The molecule has 3 amide bonds. The van der Waals surface area contributed by atoms with Crippen LogP contribution in [0.15, 0.2) is 0 Å². The summed E-state index contributed by atoms with van der Waals surface area (Å²) in [6.45, 7) is 7.15. The lowest BCUT2D eigenvalue weighted by Crippen LogP contribution is -2.63. The Morgan fingerprint density at radius 1 is 1.00 bits per heavy atom. The molecule has 0 saturated carbocycles. The van der Waals surface area contributed by atoms with E-state index in [1.807, 2.05) is 0 Å². The van der Waals surface area contributed by atoms with Crippen LogP contribution in [-0.2, 0) is 19.0 Å². The first-order chi connectivity index (χ1) is 14.1. The fourth-order valence-corrected chi connectivity index (χ4v) is 2.71. The number of hydrogen-bond acceptors (Lipinski definition) is 8. The van der Waals surface area contributed by atoms with E-state index < -0.39 is 48.3 Å². The molecule has 0 bridgehead atoms. The number of alkyl carbamates (subject to hydrolysis) is 1. The van der Waals surface area contributed by atoms with E-state index in [2.05, 4.69) is 16.0 Å². The van der Waals surface area contributed by atoms with E-state index in [0.29, 0.717) is 19.4 Å². The predicted octanol–water partition coefficient (Wildman–Crippen LogP) is -0.237. The van der Waals surface area contributed by atoms with Crippen molar-refractivity contribution in [3.63, 3.8) is 0 Å². The molecular formula is C19H40BN4O7-. The Balaban J connectivity index is 5.16. The summed E-state index contributed by atoms with van der Waals surface area (Å²) in [7, 11) is 1.13. The molecule has 0 aliphatic heterocycles. The highest BCUT2D eigenvalue weighted by Gasteiger charge is 2.35. The van der Waals surface area contributed by atoms with Gasteiger partial charge in [-0.2, -0.15) is 0 Å². The van der Waals surface area contributed by atoms with Crippen LogP contribution in [0.4, 0.5) is 4.79 Å². The second kappa shape index (κ2) is 12.8. The maximum Gasteiger partial charge on any atom is 0.408 e. The largest absolute Gasteiger partial charge is 0.558 e. The molecule has 0 unspecified atom stereocenters. The van der Waals surface area contributed by atoms with Crippen molar-refractivity contribution in [1.29, 1.82) is 0 Å². The molecule has 11 nitrogen and oxygen atoms in total. The van der Waals surface area contributed by atoms with Crippen molar-refractivity contribution in [2.24, 2.45) is 11.7 Å². The topological polar surface area (TPSA) is 172 Å². The molecule has 3 atom stereocenters. The van der Waals surface area contributed by atoms with Gasteiger partial charge in [-0.25, -0.2) is 4.79 Å². The zero-order valence-electron chi connectivity index (χ0n) is 19.7. The van der Waals surface area contributed by atoms with Gasteiger partial charge in [0.15, 0.2) is 0 Å². The summed E-state index contributed by atoms with van der Waals surface area (Å²) in [5.41, 5.74) is 4.75. The summed E-state index contributed by atoms with van der Waals surface area (Å²) in [6.07, 6.45) is 0.665. The van der Waals surface area contributed by atoms with Crippen LogP contribution >= 0.6 is 0 Å². The fraction of sp³-hybridized carbons (Fsp3) is 0.842. The molecule has 0 aliphatic rings. The number of nitrogens with one attached hydrogen (secondary N) is 3. The van der Waals surface area contributed by atoms with Crippen LogP contribution in [0, 0.1) is 5.92 Å². The molecule has 7 N–H and O–H groups in total. The molecule has 0 fully saturated rings. The molecule has 31 heavy (non-hydrogen) atoms. The summed E-state index contributed by atoms with van der Waals surface area (Å²) < 4.78 is 9.88. The van der Waals surface area contributed by atoms with Crippen LogP contribution in [0.25, 0.3) is 0 Å². The number of nitrogens with two attached hydrogens (primary N) is 1. The first-order valence-corrected chi connectivity index (χ1v) is 10.6. The first kappa shape index (κ1) is 29.1. The molecule has 0 heterocycles. The van der Waals surface area contributed by atoms with E-state index in [1.54, 1.807) is 34.6 Å². The van der Waals surface area contributed by atoms with Gasteiger partial charge in [0.25, 0.3) is 0 Å². The van der Waals surface area contributed by atoms with Crippen LogP contribution in [0.3, 0.4) is 0 Å². The highest BCUT2D eigenvalue weighted by molar-refractivity contribution is 6.59. The zero-order chi connectivity index (χ0) is 24.4. The molecule has 0 spiro atoms. The number of ether oxygens (including phenoxy) is 1. The molecule has 12 heteroatoms. The number of carbonyl (C=O) groups is 3. The third-order valence-corrected chi connectivity index (χ3v) is 4.54. The second-order valence-electron chi connectivity index (χ2n) is 8.99.